The predicted molar refractivity (Wildman–Crippen MR) is 87.0 cm³/mol. The number of hydrogen-bond acceptors (Lipinski definition) is 3. The number of amides is 2. The minimum Gasteiger partial charge on any atom is -0.318 e. The maximum Gasteiger partial charge on any atom is 0.329 e. The monoisotopic (exact) mass is 315 g/mol. The highest BCUT2D eigenvalue weighted by atomic mass is 35.5. The van der Waals surface area contributed by atoms with Gasteiger partial charge in [0.05, 0.1) is 6.21 Å². The van der Waals surface area contributed by atoms with Crippen LogP contribution in [0.15, 0.2) is 53.6 Å². The Labute approximate surface area is 133 Å². The molecule has 0 spiro atoms. The van der Waals surface area contributed by atoms with Gasteiger partial charge in [-0.2, -0.15) is 5.10 Å². The maximum absolute atomic E-state index is 11.7. The number of benzene rings is 2. The second-order valence-electron chi connectivity index (χ2n) is 4.57. The molecule has 0 saturated heterocycles. The summed E-state index contributed by atoms with van der Waals surface area (Å²) in [6, 6.07) is 14.0. The van der Waals surface area contributed by atoms with Crippen molar-refractivity contribution in [2.45, 2.75) is 6.92 Å². The molecule has 2 rings (SSSR count). The number of rotatable bonds is 3. The van der Waals surface area contributed by atoms with Crippen LogP contribution in [-0.4, -0.2) is 18.0 Å². The first-order valence-corrected chi connectivity index (χ1v) is 6.89. The average Bonchev–Trinajstić information content (AvgIpc) is 2.51. The van der Waals surface area contributed by atoms with E-state index in [1.54, 1.807) is 24.3 Å². The van der Waals surface area contributed by atoms with Gasteiger partial charge in [-0.05, 0) is 36.8 Å². The van der Waals surface area contributed by atoms with Gasteiger partial charge in [0.25, 0.3) is 0 Å². The van der Waals surface area contributed by atoms with Crippen LogP contribution in [0.2, 0.25) is 5.02 Å². The lowest BCUT2D eigenvalue weighted by Crippen LogP contribution is -2.32. The SMILES string of the molecule is Cc1ccc(/C=N/NC(=O)C(=O)Nc2ccc(Cl)cc2)cc1. The van der Waals surface area contributed by atoms with Gasteiger partial charge in [0.2, 0.25) is 0 Å². The van der Waals surface area contributed by atoms with E-state index in [4.69, 9.17) is 11.6 Å². The van der Waals surface area contributed by atoms with Crippen LogP contribution in [0.25, 0.3) is 0 Å². The van der Waals surface area contributed by atoms with E-state index in [1.807, 2.05) is 31.2 Å². The normalized spacial score (nSPS) is 10.5. The lowest BCUT2D eigenvalue weighted by atomic mass is 10.2. The number of hydrazone groups is 1. The Bertz CT molecular complexity index is 694. The van der Waals surface area contributed by atoms with E-state index in [0.29, 0.717) is 10.7 Å². The largest absolute Gasteiger partial charge is 0.329 e. The number of nitrogens with zero attached hydrogens (tertiary/aromatic N) is 1. The molecule has 0 aliphatic carbocycles. The predicted octanol–water partition coefficient (Wildman–Crippen LogP) is 2.74. The summed E-state index contributed by atoms with van der Waals surface area (Å²) in [5.41, 5.74) is 4.60. The molecule has 0 fully saturated rings. The Kier molecular flexibility index (Phi) is 5.27. The van der Waals surface area contributed by atoms with Crippen LogP contribution in [0.3, 0.4) is 0 Å². The molecule has 0 bridgehead atoms. The molecule has 0 saturated carbocycles. The van der Waals surface area contributed by atoms with Crippen molar-refractivity contribution >= 4 is 35.3 Å². The third-order valence-corrected chi connectivity index (χ3v) is 3.02. The first-order valence-electron chi connectivity index (χ1n) is 6.51. The van der Waals surface area contributed by atoms with Gasteiger partial charge in [0, 0.05) is 10.7 Å². The van der Waals surface area contributed by atoms with Gasteiger partial charge < -0.3 is 5.32 Å². The van der Waals surface area contributed by atoms with Crippen molar-refractivity contribution in [3.8, 4) is 0 Å². The summed E-state index contributed by atoms with van der Waals surface area (Å²) in [6.45, 7) is 1.98. The number of nitrogens with one attached hydrogen (secondary N) is 2. The van der Waals surface area contributed by atoms with Gasteiger partial charge in [-0.25, -0.2) is 5.43 Å². The molecule has 0 heterocycles. The van der Waals surface area contributed by atoms with Crippen LogP contribution >= 0.6 is 11.6 Å². The summed E-state index contributed by atoms with van der Waals surface area (Å²) in [4.78, 5) is 23.3. The number of halogens is 1. The molecule has 5 nitrogen and oxygen atoms in total. The highest BCUT2D eigenvalue weighted by molar-refractivity contribution is 6.39. The molecule has 0 unspecified atom stereocenters. The lowest BCUT2D eigenvalue weighted by molar-refractivity contribution is -0.136. The van der Waals surface area contributed by atoms with Crippen molar-refractivity contribution < 1.29 is 9.59 Å². The summed E-state index contributed by atoms with van der Waals surface area (Å²) in [5, 5.41) is 6.73. The maximum atomic E-state index is 11.7. The quantitative estimate of drug-likeness (QED) is 0.519. The smallest absolute Gasteiger partial charge is 0.318 e. The van der Waals surface area contributed by atoms with Gasteiger partial charge in [-0.1, -0.05) is 41.4 Å². The molecule has 112 valence electrons. The molecule has 0 atom stereocenters. The molecule has 6 heteroatoms. The second-order valence-corrected chi connectivity index (χ2v) is 5.01. The van der Waals surface area contributed by atoms with Crippen LogP contribution in [0.4, 0.5) is 5.69 Å². The topological polar surface area (TPSA) is 70.6 Å². The van der Waals surface area contributed by atoms with Crippen LogP contribution in [-0.2, 0) is 9.59 Å². The molecule has 2 amide bonds. The summed E-state index contributed by atoms with van der Waals surface area (Å²) >= 11 is 5.74. The Hall–Kier alpha value is -2.66. The van der Waals surface area contributed by atoms with Crippen molar-refractivity contribution in [1.29, 1.82) is 0 Å². The molecule has 2 aromatic carbocycles. The van der Waals surface area contributed by atoms with Crippen molar-refractivity contribution in [3.63, 3.8) is 0 Å². The molecular weight excluding hydrogens is 302 g/mol. The van der Waals surface area contributed by atoms with E-state index in [1.165, 1.54) is 6.21 Å². The minimum absolute atomic E-state index is 0.479. The first-order chi connectivity index (χ1) is 10.5. The van der Waals surface area contributed by atoms with Crippen LogP contribution in [0.5, 0.6) is 0 Å². The fourth-order valence-electron chi connectivity index (χ4n) is 1.59. The van der Waals surface area contributed by atoms with E-state index in [2.05, 4.69) is 15.8 Å². The molecular formula is C16H14ClN3O2. The van der Waals surface area contributed by atoms with Crippen molar-refractivity contribution in [1.82, 2.24) is 5.43 Å². The molecule has 0 aliphatic rings. The van der Waals surface area contributed by atoms with E-state index >= 15 is 0 Å². The molecule has 2 aromatic rings. The van der Waals surface area contributed by atoms with E-state index in [-0.39, 0.29) is 0 Å². The molecule has 0 aromatic heterocycles. The number of hydrogen-bond donors (Lipinski definition) is 2. The zero-order chi connectivity index (χ0) is 15.9. The minimum atomic E-state index is -0.849. The second kappa shape index (κ2) is 7.38. The Morgan fingerprint density at radius 2 is 1.64 bits per heavy atom. The molecule has 22 heavy (non-hydrogen) atoms. The molecule has 2 N–H and O–H groups in total. The molecule has 0 radical (unpaired) electrons. The van der Waals surface area contributed by atoms with Crippen molar-refractivity contribution in [3.05, 3.63) is 64.7 Å². The summed E-state index contributed by atoms with van der Waals surface area (Å²) < 4.78 is 0. The van der Waals surface area contributed by atoms with Gasteiger partial charge in [-0.3, -0.25) is 9.59 Å². The highest BCUT2D eigenvalue weighted by Gasteiger charge is 2.12. The van der Waals surface area contributed by atoms with E-state index in [9.17, 15) is 9.59 Å². The van der Waals surface area contributed by atoms with Crippen molar-refractivity contribution in [2.75, 3.05) is 5.32 Å². The summed E-state index contributed by atoms with van der Waals surface area (Å²) in [7, 11) is 0. The number of carbonyl (C=O) groups is 2. The third kappa shape index (κ3) is 4.71. The van der Waals surface area contributed by atoms with E-state index < -0.39 is 11.8 Å². The number of carbonyl (C=O) groups excluding carboxylic acids is 2. The third-order valence-electron chi connectivity index (χ3n) is 2.77. The van der Waals surface area contributed by atoms with Gasteiger partial charge in [0.15, 0.2) is 0 Å². The lowest BCUT2D eigenvalue weighted by Gasteiger charge is -2.03. The summed E-state index contributed by atoms with van der Waals surface area (Å²) in [5.74, 6) is -1.65. The van der Waals surface area contributed by atoms with Crippen LogP contribution in [0, 0.1) is 6.92 Å². The highest BCUT2D eigenvalue weighted by Crippen LogP contribution is 2.13. The Morgan fingerprint density at radius 3 is 2.27 bits per heavy atom. The van der Waals surface area contributed by atoms with Gasteiger partial charge in [0.1, 0.15) is 0 Å². The van der Waals surface area contributed by atoms with Crippen LogP contribution < -0.4 is 10.7 Å². The average molecular weight is 316 g/mol. The number of aryl methyl sites for hydroxylation is 1. The standard InChI is InChI=1S/C16H14ClN3O2/c1-11-2-4-12(5-3-11)10-18-20-16(22)15(21)19-14-8-6-13(17)7-9-14/h2-10H,1H3,(H,19,21)(H,20,22)/b18-10+. The Balaban J connectivity index is 1.87. The van der Waals surface area contributed by atoms with Crippen molar-refractivity contribution in [2.24, 2.45) is 5.10 Å². The zero-order valence-corrected chi connectivity index (χ0v) is 12.6. The number of anilines is 1. The van der Waals surface area contributed by atoms with Gasteiger partial charge >= 0.3 is 11.8 Å². The Morgan fingerprint density at radius 1 is 1.00 bits per heavy atom. The zero-order valence-electron chi connectivity index (χ0n) is 11.8. The van der Waals surface area contributed by atoms with E-state index in [0.717, 1.165) is 11.1 Å². The summed E-state index contributed by atoms with van der Waals surface area (Å²) in [6.07, 6.45) is 1.47. The fourth-order valence-corrected chi connectivity index (χ4v) is 1.72. The first kappa shape index (κ1) is 15.7. The van der Waals surface area contributed by atoms with Crippen LogP contribution in [0.1, 0.15) is 11.1 Å². The fraction of sp³-hybridized carbons (Fsp3) is 0.0625. The van der Waals surface area contributed by atoms with Gasteiger partial charge in [-0.15, -0.1) is 0 Å². The molecule has 0 aliphatic heterocycles.